The molecule has 0 radical (unpaired) electrons. The van der Waals surface area contributed by atoms with Crippen molar-refractivity contribution >= 4 is 6.41 Å². The van der Waals surface area contributed by atoms with Gasteiger partial charge in [-0.2, -0.15) is 0 Å². The normalized spacial score (nSPS) is 5.25. The topological polar surface area (TPSA) is 55.1 Å². The fraction of sp³-hybridized carbons (Fsp3) is 0. The maximum Gasteiger partial charge on any atom is 0.221 e. The highest BCUT2D eigenvalue weighted by atomic mass is 16.2. The smallest absolute Gasteiger partial charge is 0.221 e. The fourth-order valence-electron chi connectivity index (χ4n) is 0. The first-order valence-electron chi connectivity index (χ1n) is 0.813. The van der Waals surface area contributed by atoms with Crippen LogP contribution >= 0.6 is 0 Å². The molecule has 0 heterocycles. The van der Waals surface area contributed by atoms with Gasteiger partial charge in [0, 0.05) is 0 Å². The van der Waals surface area contributed by atoms with Crippen LogP contribution in [0.25, 0.3) is 0 Å². The van der Waals surface area contributed by atoms with Gasteiger partial charge in [-0.05, 0) is 0 Å². The molecule has 0 aromatic rings. The summed E-state index contributed by atoms with van der Waals surface area (Å²) in [5, 5.41) is 0. The van der Waals surface area contributed by atoms with Crippen LogP contribution in [-0.2, 0) is 4.79 Å². The molecular weight excluding hydrogens is 57.0 g/mol. The molecular formula is CH4N2O. The molecule has 0 aliphatic heterocycles. The van der Waals surface area contributed by atoms with Gasteiger partial charge in [-0.25, -0.2) is 5.84 Å². The van der Waals surface area contributed by atoms with Crippen molar-refractivity contribution in [1.82, 2.24) is 5.43 Å². The number of carbonyl (C=O) groups excluding carboxylic acids is 1. The molecule has 4 heavy (non-hydrogen) atoms. The van der Waals surface area contributed by atoms with Crippen LogP contribution in [0.15, 0.2) is 0 Å². The predicted octanol–water partition coefficient (Wildman–Crippen LogP) is -1.39. The van der Waals surface area contributed by atoms with Crippen LogP contribution < -0.4 is 11.3 Å². The van der Waals surface area contributed by atoms with Crippen molar-refractivity contribution in [2.45, 2.75) is 0 Å². The summed E-state index contributed by atoms with van der Waals surface area (Å²) in [5.74, 6) is 4.41. The summed E-state index contributed by atoms with van der Waals surface area (Å²) in [6, 6.07) is 0. The minimum atomic E-state index is 0.403. The molecule has 0 aliphatic carbocycles. The minimum absolute atomic E-state index is 0.403. The molecule has 0 spiro atoms. The standard InChI is InChI=1S/CH4N2O/c2-3-1-4/h1H,2H2,(H,3,4)/i1+1. The van der Waals surface area contributed by atoms with E-state index in [4.69, 9.17) is 4.79 Å². The van der Waals surface area contributed by atoms with Gasteiger partial charge in [0.1, 0.15) is 0 Å². The summed E-state index contributed by atoms with van der Waals surface area (Å²) >= 11 is 0. The molecule has 0 aromatic carbocycles. The number of hydrogen-bond donors (Lipinski definition) is 2. The van der Waals surface area contributed by atoms with Crippen LogP contribution in [0.4, 0.5) is 0 Å². The van der Waals surface area contributed by atoms with Crippen LogP contribution in [0.5, 0.6) is 0 Å². The van der Waals surface area contributed by atoms with E-state index in [2.05, 4.69) is 5.84 Å². The average Bonchev–Trinajstić information content (AvgIpc) is 1.37. The Morgan fingerprint density at radius 3 is 2.25 bits per heavy atom. The number of hydrogen-bond acceptors (Lipinski definition) is 2. The lowest BCUT2D eigenvalue weighted by atomic mass is 12.1. The Labute approximate surface area is 23.8 Å². The molecule has 0 saturated carbocycles. The molecule has 0 aromatic heterocycles. The first-order valence-corrected chi connectivity index (χ1v) is 0.813. The van der Waals surface area contributed by atoms with Gasteiger partial charge < -0.3 is 0 Å². The molecule has 0 bridgehead atoms. The zero-order chi connectivity index (χ0) is 3.41. The lowest BCUT2D eigenvalue weighted by Crippen LogP contribution is -2.18. The van der Waals surface area contributed by atoms with E-state index in [9.17, 15) is 0 Å². The van der Waals surface area contributed by atoms with Crippen LogP contribution in [0.3, 0.4) is 0 Å². The molecule has 0 rings (SSSR count). The lowest BCUT2D eigenvalue weighted by Gasteiger charge is -1.66. The molecule has 3 N–H and O–H groups in total. The molecule has 0 unspecified atom stereocenters. The van der Waals surface area contributed by atoms with Crippen LogP contribution in [0.1, 0.15) is 0 Å². The second kappa shape index (κ2) is 2.43. The van der Waals surface area contributed by atoms with Crippen molar-refractivity contribution in [2.75, 3.05) is 0 Å². The second-order valence-corrected chi connectivity index (χ2v) is 0.285. The SMILES string of the molecule is NN[13CH]=O. The Kier molecular flexibility index (Phi) is 2.08. The highest BCUT2D eigenvalue weighted by Gasteiger charge is 1.42. The van der Waals surface area contributed by atoms with E-state index in [1.807, 2.05) is 0 Å². The molecule has 0 atom stereocenters. The zero-order valence-electron chi connectivity index (χ0n) is 2.06. The number of carbonyl (C=O) groups is 1. The van der Waals surface area contributed by atoms with Gasteiger partial charge in [0.25, 0.3) is 0 Å². The van der Waals surface area contributed by atoms with Crippen molar-refractivity contribution < 1.29 is 4.79 Å². The third-order valence-corrected chi connectivity index (χ3v) is 0.0680. The van der Waals surface area contributed by atoms with Crippen LogP contribution in [-0.4, -0.2) is 6.41 Å². The van der Waals surface area contributed by atoms with Gasteiger partial charge in [-0.15, -0.1) is 0 Å². The predicted molar refractivity (Wildman–Crippen MR) is 13.4 cm³/mol. The average molecular weight is 61.0 g/mol. The first kappa shape index (κ1) is 3.43. The zero-order valence-corrected chi connectivity index (χ0v) is 2.06. The largest absolute Gasteiger partial charge is 0.297 e. The van der Waals surface area contributed by atoms with Crippen molar-refractivity contribution in [2.24, 2.45) is 5.84 Å². The van der Waals surface area contributed by atoms with E-state index >= 15 is 0 Å². The molecule has 1 amide bonds. The van der Waals surface area contributed by atoms with Crippen molar-refractivity contribution in [3.63, 3.8) is 0 Å². The second-order valence-electron chi connectivity index (χ2n) is 0.285. The Morgan fingerprint density at radius 1 is 2.00 bits per heavy atom. The Balaban J connectivity index is 2.30. The van der Waals surface area contributed by atoms with E-state index in [-0.39, 0.29) is 0 Å². The van der Waals surface area contributed by atoms with E-state index in [0.717, 1.165) is 0 Å². The summed E-state index contributed by atoms with van der Waals surface area (Å²) in [5.41, 5.74) is 1.75. The number of rotatable bonds is 1. The minimum Gasteiger partial charge on any atom is -0.297 e. The molecule has 0 fully saturated rings. The van der Waals surface area contributed by atoms with Crippen molar-refractivity contribution in [1.29, 1.82) is 0 Å². The Bertz CT molecular complexity index is 20.0. The van der Waals surface area contributed by atoms with E-state index in [1.165, 1.54) is 0 Å². The first-order chi connectivity index (χ1) is 1.91. The molecule has 0 aliphatic rings. The van der Waals surface area contributed by atoms with Crippen molar-refractivity contribution in [3.8, 4) is 0 Å². The molecule has 24 valence electrons. The van der Waals surface area contributed by atoms with Gasteiger partial charge in [0.2, 0.25) is 6.41 Å². The van der Waals surface area contributed by atoms with Crippen LogP contribution in [0.2, 0.25) is 0 Å². The third kappa shape index (κ3) is 1.43. The maximum absolute atomic E-state index is 8.94. The fourth-order valence-corrected chi connectivity index (χ4v) is 0. The van der Waals surface area contributed by atoms with Gasteiger partial charge in [0.15, 0.2) is 0 Å². The number of hydrazine groups is 1. The van der Waals surface area contributed by atoms with Gasteiger partial charge >= 0.3 is 0 Å². The van der Waals surface area contributed by atoms with E-state index in [1.54, 1.807) is 5.43 Å². The highest BCUT2D eigenvalue weighted by Crippen LogP contribution is 0.992. The van der Waals surface area contributed by atoms with Crippen LogP contribution in [0, 0.1) is 0 Å². The summed E-state index contributed by atoms with van der Waals surface area (Å²) in [7, 11) is 0. The Morgan fingerprint density at radius 2 is 2.25 bits per heavy atom. The summed E-state index contributed by atoms with van der Waals surface area (Å²) < 4.78 is 0. The molecule has 3 nitrogen and oxygen atoms in total. The summed E-state index contributed by atoms with van der Waals surface area (Å²) in [4.78, 5) is 8.94. The highest BCUT2D eigenvalue weighted by molar-refractivity contribution is 5.44. The number of nitrogens with two attached hydrogens (primary N) is 1. The number of nitrogens with one attached hydrogen (secondary N) is 1. The van der Waals surface area contributed by atoms with Gasteiger partial charge in [-0.3, -0.25) is 10.2 Å². The monoisotopic (exact) mass is 61.0 g/mol. The van der Waals surface area contributed by atoms with Gasteiger partial charge in [-0.1, -0.05) is 0 Å². The molecule has 0 saturated heterocycles. The maximum atomic E-state index is 8.94. The lowest BCUT2D eigenvalue weighted by molar-refractivity contribution is -0.109. The van der Waals surface area contributed by atoms with Gasteiger partial charge in [0.05, 0.1) is 0 Å². The quantitative estimate of drug-likeness (QED) is 0.129. The Hall–Kier alpha value is -0.570. The molecule has 3 heteroatoms. The van der Waals surface area contributed by atoms with Crippen molar-refractivity contribution in [3.05, 3.63) is 0 Å². The third-order valence-electron chi connectivity index (χ3n) is 0.0680. The van der Waals surface area contributed by atoms with E-state index in [0.29, 0.717) is 6.41 Å². The number of amides is 1. The van der Waals surface area contributed by atoms with E-state index < -0.39 is 0 Å². The summed E-state index contributed by atoms with van der Waals surface area (Å²) in [6.45, 7) is 0. The summed E-state index contributed by atoms with van der Waals surface area (Å²) in [6.07, 6.45) is 0.403.